The van der Waals surface area contributed by atoms with E-state index in [0.717, 1.165) is 37.7 Å². The SMILES string of the molecule is C[C@H](CO)N1C[C@H](C)[C@@H](CN(C)C(=O)CC2CC2)Oc2cc(C3=CCCCC3)ccc2S1(=O)=O. The third-order valence-electron chi connectivity index (χ3n) is 7.37. The van der Waals surface area contributed by atoms with Gasteiger partial charge in [0, 0.05) is 32.0 Å². The van der Waals surface area contributed by atoms with E-state index in [0.29, 0.717) is 24.6 Å². The summed E-state index contributed by atoms with van der Waals surface area (Å²) < 4.78 is 35.1. The van der Waals surface area contributed by atoms with Crippen LogP contribution >= 0.6 is 0 Å². The van der Waals surface area contributed by atoms with Crippen molar-refractivity contribution in [1.82, 2.24) is 9.21 Å². The highest BCUT2D eigenvalue weighted by molar-refractivity contribution is 7.89. The lowest BCUT2D eigenvalue weighted by atomic mass is 9.93. The van der Waals surface area contributed by atoms with E-state index in [9.17, 15) is 18.3 Å². The zero-order valence-corrected chi connectivity index (χ0v) is 21.4. The molecule has 0 spiro atoms. The zero-order chi connectivity index (χ0) is 24.5. The second-order valence-electron chi connectivity index (χ2n) is 10.3. The second-order valence-corrected chi connectivity index (χ2v) is 12.2. The molecule has 0 aromatic heterocycles. The number of hydrogen-bond acceptors (Lipinski definition) is 5. The van der Waals surface area contributed by atoms with Gasteiger partial charge in [0.1, 0.15) is 16.7 Å². The van der Waals surface area contributed by atoms with Gasteiger partial charge in [-0.3, -0.25) is 4.79 Å². The molecule has 1 aromatic rings. The predicted molar refractivity (Wildman–Crippen MR) is 132 cm³/mol. The molecular formula is C26H38N2O5S. The molecule has 1 N–H and O–H groups in total. The Morgan fingerprint density at radius 3 is 2.71 bits per heavy atom. The normalized spacial score (nSPS) is 25.8. The van der Waals surface area contributed by atoms with Crippen LogP contribution in [0.1, 0.15) is 64.4 Å². The number of amides is 1. The Labute approximate surface area is 203 Å². The Hall–Kier alpha value is -1.90. The maximum absolute atomic E-state index is 13.6. The molecule has 0 unspecified atom stereocenters. The van der Waals surface area contributed by atoms with Crippen molar-refractivity contribution in [3.8, 4) is 5.75 Å². The number of rotatable bonds is 7. The molecule has 1 amide bonds. The van der Waals surface area contributed by atoms with Crippen molar-refractivity contribution >= 4 is 21.5 Å². The lowest BCUT2D eigenvalue weighted by Gasteiger charge is -2.37. The van der Waals surface area contributed by atoms with Crippen LogP contribution in [0.5, 0.6) is 5.75 Å². The molecule has 188 valence electrons. The van der Waals surface area contributed by atoms with Gasteiger partial charge in [0.2, 0.25) is 15.9 Å². The molecule has 0 saturated heterocycles. The van der Waals surface area contributed by atoms with Crippen molar-refractivity contribution in [2.24, 2.45) is 11.8 Å². The monoisotopic (exact) mass is 490 g/mol. The van der Waals surface area contributed by atoms with E-state index in [2.05, 4.69) is 6.08 Å². The van der Waals surface area contributed by atoms with Crippen LogP contribution in [0.2, 0.25) is 0 Å². The first kappa shape index (κ1) is 25.2. The third-order valence-corrected chi connectivity index (χ3v) is 9.39. The van der Waals surface area contributed by atoms with E-state index >= 15 is 0 Å². The molecule has 34 heavy (non-hydrogen) atoms. The van der Waals surface area contributed by atoms with Crippen LogP contribution in [0.15, 0.2) is 29.2 Å². The summed E-state index contributed by atoms with van der Waals surface area (Å²) in [7, 11) is -2.06. The zero-order valence-electron chi connectivity index (χ0n) is 20.6. The van der Waals surface area contributed by atoms with Gasteiger partial charge in [0.25, 0.3) is 0 Å². The molecule has 1 aromatic carbocycles. The molecule has 0 radical (unpaired) electrons. The number of sulfonamides is 1. The van der Waals surface area contributed by atoms with Gasteiger partial charge in [-0.2, -0.15) is 4.31 Å². The maximum Gasteiger partial charge on any atom is 0.247 e. The average molecular weight is 491 g/mol. The Morgan fingerprint density at radius 1 is 1.29 bits per heavy atom. The van der Waals surface area contributed by atoms with Gasteiger partial charge in [-0.1, -0.05) is 19.1 Å². The van der Waals surface area contributed by atoms with Crippen LogP contribution < -0.4 is 4.74 Å². The van der Waals surface area contributed by atoms with Crippen LogP contribution in [0, 0.1) is 11.8 Å². The molecule has 7 nitrogen and oxygen atoms in total. The number of aliphatic hydroxyl groups excluding tert-OH is 1. The first-order valence-corrected chi connectivity index (χ1v) is 14.0. The van der Waals surface area contributed by atoms with Gasteiger partial charge >= 0.3 is 0 Å². The Balaban J connectivity index is 1.69. The average Bonchev–Trinajstić information content (AvgIpc) is 3.65. The number of carbonyl (C=O) groups is 1. The summed E-state index contributed by atoms with van der Waals surface area (Å²) in [6.45, 7) is 4.01. The van der Waals surface area contributed by atoms with E-state index in [1.165, 1.54) is 16.3 Å². The molecule has 8 heteroatoms. The molecule has 4 rings (SSSR count). The van der Waals surface area contributed by atoms with Crippen LogP contribution in [-0.2, 0) is 14.8 Å². The number of ether oxygens (including phenoxy) is 1. The fourth-order valence-corrected chi connectivity index (χ4v) is 6.67. The van der Waals surface area contributed by atoms with Crippen LogP contribution in [-0.4, -0.2) is 67.5 Å². The molecule has 1 fully saturated rings. The number of fused-ring (bicyclic) bond motifs is 1. The summed E-state index contributed by atoms with van der Waals surface area (Å²) >= 11 is 0. The maximum atomic E-state index is 13.6. The Kier molecular flexibility index (Phi) is 7.69. The van der Waals surface area contributed by atoms with E-state index in [4.69, 9.17) is 4.74 Å². The standard InChI is InChI=1S/C26H38N2O5S/c1-18-15-28(19(2)17-29)34(31,32)25-12-11-22(21-7-5-4-6-8-21)14-23(25)33-24(18)16-27(3)26(30)13-20-9-10-20/h7,11-12,14,18-20,24,29H,4-6,8-10,13,15-17H2,1-3H3/t18-,19+,24+/m0/s1. The quantitative estimate of drug-likeness (QED) is 0.630. The number of nitrogens with zero attached hydrogens (tertiary/aromatic N) is 2. The van der Waals surface area contributed by atoms with Gasteiger partial charge in [-0.15, -0.1) is 0 Å². The third kappa shape index (κ3) is 5.50. The van der Waals surface area contributed by atoms with E-state index in [1.807, 2.05) is 19.1 Å². The van der Waals surface area contributed by atoms with Crippen molar-refractivity contribution in [3.05, 3.63) is 29.8 Å². The minimum absolute atomic E-state index is 0.106. The fourth-order valence-electron chi connectivity index (χ4n) is 4.84. The number of likely N-dealkylation sites (N-methyl/N-ethyl adjacent to an activating group) is 1. The topological polar surface area (TPSA) is 87.2 Å². The second kappa shape index (κ2) is 10.4. The minimum Gasteiger partial charge on any atom is -0.487 e. The summed E-state index contributed by atoms with van der Waals surface area (Å²) in [5.41, 5.74) is 2.21. The first-order chi connectivity index (χ1) is 16.2. The van der Waals surface area contributed by atoms with Gasteiger partial charge < -0.3 is 14.7 Å². The largest absolute Gasteiger partial charge is 0.487 e. The lowest BCUT2D eigenvalue weighted by molar-refractivity contribution is -0.131. The number of hydrogen-bond donors (Lipinski definition) is 1. The Morgan fingerprint density at radius 2 is 2.06 bits per heavy atom. The number of aliphatic hydroxyl groups is 1. The summed E-state index contributed by atoms with van der Waals surface area (Å²) in [4.78, 5) is 14.5. The number of allylic oxidation sites excluding steroid dienone is 2. The molecule has 1 saturated carbocycles. The lowest BCUT2D eigenvalue weighted by Crippen LogP contribution is -2.50. The van der Waals surface area contributed by atoms with E-state index in [-0.39, 0.29) is 36.0 Å². The van der Waals surface area contributed by atoms with E-state index in [1.54, 1.807) is 24.9 Å². The van der Waals surface area contributed by atoms with Crippen molar-refractivity contribution in [2.75, 3.05) is 26.7 Å². The molecule has 2 aliphatic carbocycles. The van der Waals surface area contributed by atoms with Gasteiger partial charge in [-0.25, -0.2) is 8.42 Å². The number of carbonyl (C=O) groups excluding carboxylic acids is 1. The molecular weight excluding hydrogens is 452 g/mol. The van der Waals surface area contributed by atoms with E-state index < -0.39 is 16.1 Å². The molecule has 3 atom stereocenters. The molecule has 3 aliphatic rings. The van der Waals surface area contributed by atoms with Gasteiger partial charge in [0.05, 0.1) is 13.2 Å². The summed E-state index contributed by atoms with van der Waals surface area (Å²) in [6, 6.07) is 4.79. The van der Waals surface area contributed by atoms with Crippen molar-refractivity contribution in [2.45, 2.75) is 75.8 Å². The van der Waals surface area contributed by atoms with Crippen LogP contribution in [0.3, 0.4) is 0 Å². The van der Waals surface area contributed by atoms with Gasteiger partial charge in [-0.05, 0) is 74.6 Å². The molecule has 1 heterocycles. The van der Waals surface area contributed by atoms with Crippen LogP contribution in [0.4, 0.5) is 0 Å². The van der Waals surface area contributed by atoms with Crippen LogP contribution in [0.25, 0.3) is 5.57 Å². The number of benzene rings is 1. The summed E-state index contributed by atoms with van der Waals surface area (Å²) in [5.74, 6) is 0.767. The highest BCUT2D eigenvalue weighted by atomic mass is 32.2. The minimum atomic E-state index is -3.86. The predicted octanol–water partition coefficient (Wildman–Crippen LogP) is 3.67. The first-order valence-electron chi connectivity index (χ1n) is 12.6. The van der Waals surface area contributed by atoms with Gasteiger partial charge in [0.15, 0.2) is 0 Å². The molecule has 1 aliphatic heterocycles. The highest BCUT2D eigenvalue weighted by Gasteiger charge is 2.38. The summed E-state index contributed by atoms with van der Waals surface area (Å²) in [6.07, 6.45) is 8.96. The van der Waals surface area contributed by atoms with Crippen molar-refractivity contribution in [3.63, 3.8) is 0 Å². The van der Waals surface area contributed by atoms with Crippen molar-refractivity contribution in [1.29, 1.82) is 0 Å². The fraction of sp³-hybridized carbons (Fsp3) is 0.654. The highest BCUT2D eigenvalue weighted by Crippen LogP contribution is 2.37. The van der Waals surface area contributed by atoms with Crippen molar-refractivity contribution < 1.29 is 23.1 Å². The summed E-state index contributed by atoms with van der Waals surface area (Å²) in [5, 5.41) is 9.81. The smallest absolute Gasteiger partial charge is 0.247 e. The Bertz CT molecular complexity index is 1030. The molecule has 0 bridgehead atoms.